The van der Waals surface area contributed by atoms with Gasteiger partial charge in [0.15, 0.2) is 0 Å². The molecule has 0 unspecified atom stereocenters. The minimum Gasteiger partial charge on any atom is -0.497 e. The van der Waals surface area contributed by atoms with E-state index in [1.807, 2.05) is 12.1 Å². The van der Waals surface area contributed by atoms with Gasteiger partial charge in [0.1, 0.15) is 22.9 Å². The van der Waals surface area contributed by atoms with Crippen LogP contribution in [-0.2, 0) is 22.5 Å². The number of rotatable bonds is 6. The zero-order chi connectivity index (χ0) is 26.7. The Labute approximate surface area is 216 Å². The first-order chi connectivity index (χ1) is 17.6. The molecule has 0 aromatic heterocycles. The monoisotopic (exact) mass is 514 g/mol. The molecule has 37 heavy (non-hydrogen) atoms. The van der Waals surface area contributed by atoms with Gasteiger partial charge in [-0.2, -0.15) is 0 Å². The van der Waals surface area contributed by atoms with Crippen molar-refractivity contribution in [1.29, 1.82) is 0 Å². The molecule has 2 aliphatic rings. The number of halogens is 1. The molecule has 0 spiro atoms. The van der Waals surface area contributed by atoms with E-state index in [-0.39, 0.29) is 43.6 Å². The van der Waals surface area contributed by atoms with Gasteiger partial charge in [0.05, 0.1) is 38.6 Å². The van der Waals surface area contributed by atoms with Crippen molar-refractivity contribution < 1.29 is 33.3 Å². The summed E-state index contributed by atoms with van der Waals surface area (Å²) in [5.74, 6) is 0.388. The van der Waals surface area contributed by atoms with Gasteiger partial charge < -0.3 is 29.1 Å². The fourth-order valence-electron chi connectivity index (χ4n) is 4.69. The van der Waals surface area contributed by atoms with Gasteiger partial charge in [-0.25, -0.2) is 9.18 Å². The van der Waals surface area contributed by atoms with Crippen LogP contribution in [0, 0.1) is 11.7 Å². The summed E-state index contributed by atoms with van der Waals surface area (Å²) < 4.78 is 31.7. The highest BCUT2D eigenvalue weighted by Gasteiger charge is 2.34. The smallest absolute Gasteiger partial charge is 0.410 e. The van der Waals surface area contributed by atoms with Gasteiger partial charge in [-0.15, -0.1) is 0 Å². The number of hydrogen-bond acceptors (Lipinski definition) is 6. The zero-order valence-electron chi connectivity index (χ0n) is 21.8. The van der Waals surface area contributed by atoms with Gasteiger partial charge >= 0.3 is 6.09 Å². The number of likely N-dealkylation sites (tertiary alicyclic amines) is 1. The van der Waals surface area contributed by atoms with E-state index in [0.717, 1.165) is 5.56 Å². The quantitative estimate of drug-likeness (QED) is 0.618. The van der Waals surface area contributed by atoms with Crippen LogP contribution in [0.4, 0.5) is 14.9 Å². The van der Waals surface area contributed by atoms with Gasteiger partial charge in [0.25, 0.3) is 0 Å². The van der Waals surface area contributed by atoms with E-state index >= 15 is 4.39 Å². The second-order valence-electron chi connectivity index (χ2n) is 10.6. The molecule has 2 heterocycles. The highest BCUT2D eigenvalue weighted by molar-refractivity contribution is 5.97. The molecule has 9 heteroatoms. The number of β-amino-alcohol motifs (C(OH)–C–C–N with tert-alkyl or cyclic N) is 1. The molecular weight excluding hydrogens is 479 g/mol. The van der Waals surface area contributed by atoms with Crippen LogP contribution in [0.1, 0.15) is 44.7 Å². The first-order valence-corrected chi connectivity index (χ1v) is 12.6. The number of methoxy groups -OCH3 is 1. The fourth-order valence-corrected chi connectivity index (χ4v) is 4.69. The molecule has 2 aliphatic heterocycles. The van der Waals surface area contributed by atoms with E-state index in [0.29, 0.717) is 36.4 Å². The fraction of sp³-hybridized carbons (Fsp3) is 0.500. The lowest BCUT2D eigenvalue weighted by Crippen LogP contribution is -2.49. The number of fused-ring (bicyclic) bond motifs is 1. The number of piperidine rings is 1. The van der Waals surface area contributed by atoms with Crippen LogP contribution in [-0.4, -0.2) is 60.5 Å². The molecule has 2 amide bonds. The molecule has 1 N–H and O–H groups in total. The molecule has 0 aliphatic carbocycles. The van der Waals surface area contributed by atoms with E-state index in [2.05, 4.69) is 0 Å². The Morgan fingerprint density at radius 2 is 1.86 bits per heavy atom. The maximum atomic E-state index is 15.0. The topological polar surface area (TPSA) is 88.5 Å². The Bertz CT molecular complexity index is 1130. The van der Waals surface area contributed by atoms with Crippen LogP contribution in [0.15, 0.2) is 36.4 Å². The first kappa shape index (κ1) is 26.7. The number of carbonyl (C=O) groups is 2. The summed E-state index contributed by atoms with van der Waals surface area (Å²) in [4.78, 5) is 28.1. The molecule has 0 bridgehead atoms. The summed E-state index contributed by atoms with van der Waals surface area (Å²) in [7, 11) is 1.58. The Morgan fingerprint density at radius 3 is 2.51 bits per heavy atom. The Morgan fingerprint density at radius 1 is 1.14 bits per heavy atom. The Balaban J connectivity index is 1.44. The largest absolute Gasteiger partial charge is 0.497 e. The number of aliphatic hydroxyl groups excluding tert-OH is 1. The highest BCUT2D eigenvalue weighted by Crippen LogP contribution is 2.38. The SMILES string of the molecule is COc1ccc(CN2C(=O)CCc3c(OC[C@H]4CCN(C(=O)OC(C)(C)C)C[C@@H]4O)ccc(F)c32)cc1. The minimum absolute atomic E-state index is 0.149. The lowest BCUT2D eigenvalue weighted by molar-refractivity contribution is -0.119. The van der Waals surface area contributed by atoms with Gasteiger partial charge in [0.2, 0.25) is 5.91 Å². The summed E-state index contributed by atoms with van der Waals surface area (Å²) >= 11 is 0. The number of ether oxygens (including phenoxy) is 3. The first-order valence-electron chi connectivity index (χ1n) is 12.6. The van der Waals surface area contributed by atoms with Gasteiger partial charge in [-0.3, -0.25) is 4.79 Å². The van der Waals surface area contributed by atoms with E-state index in [9.17, 15) is 14.7 Å². The molecule has 0 saturated carbocycles. The Hall–Kier alpha value is -3.33. The molecule has 1 saturated heterocycles. The molecule has 2 atom stereocenters. The van der Waals surface area contributed by atoms with Crippen LogP contribution in [0.5, 0.6) is 11.5 Å². The van der Waals surface area contributed by atoms with Crippen LogP contribution >= 0.6 is 0 Å². The van der Waals surface area contributed by atoms with Crippen LogP contribution in [0.25, 0.3) is 0 Å². The zero-order valence-corrected chi connectivity index (χ0v) is 21.8. The molecule has 2 aromatic carbocycles. The summed E-state index contributed by atoms with van der Waals surface area (Å²) in [5, 5.41) is 10.7. The third-order valence-corrected chi connectivity index (χ3v) is 6.68. The predicted octanol–water partition coefficient (Wildman–Crippen LogP) is 4.31. The molecule has 2 aromatic rings. The van der Waals surface area contributed by atoms with Gasteiger partial charge in [0, 0.05) is 24.4 Å². The van der Waals surface area contributed by atoms with E-state index in [1.165, 1.54) is 15.9 Å². The third kappa shape index (κ3) is 6.33. The highest BCUT2D eigenvalue weighted by atomic mass is 19.1. The van der Waals surface area contributed by atoms with Gasteiger partial charge in [-0.05, 0) is 63.4 Å². The van der Waals surface area contributed by atoms with Crippen LogP contribution in [0.2, 0.25) is 0 Å². The van der Waals surface area contributed by atoms with Crippen molar-refractivity contribution in [2.75, 3.05) is 31.7 Å². The molecular formula is C28H35FN2O6. The lowest BCUT2D eigenvalue weighted by Gasteiger charge is -2.37. The predicted molar refractivity (Wildman–Crippen MR) is 136 cm³/mol. The van der Waals surface area contributed by atoms with E-state index in [4.69, 9.17) is 14.2 Å². The normalized spacial score (nSPS) is 19.9. The minimum atomic E-state index is -0.773. The van der Waals surface area contributed by atoms with Crippen molar-refractivity contribution in [3.63, 3.8) is 0 Å². The summed E-state index contributed by atoms with van der Waals surface area (Å²) in [5.41, 5.74) is 1.14. The lowest BCUT2D eigenvalue weighted by atomic mass is 9.94. The van der Waals surface area contributed by atoms with Crippen molar-refractivity contribution in [2.45, 2.75) is 58.3 Å². The average molecular weight is 515 g/mol. The number of benzene rings is 2. The van der Waals surface area contributed by atoms with Crippen molar-refractivity contribution in [3.05, 3.63) is 53.3 Å². The summed E-state index contributed by atoms with van der Waals surface area (Å²) in [6.45, 7) is 6.47. The second kappa shape index (κ2) is 11.0. The number of hydrogen-bond donors (Lipinski definition) is 1. The van der Waals surface area contributed by atoms with E-state index in [1.54, 1.807) is 46.1 Å². The van der Waals surface area contributed by atoms with Crippen LogP contribution in [0.3, 0.4) is 0 Å². The average Bonchev–Trinajstić information content (AvgIpc) is 2.85. The molecule has 8 nitrogen and oxygen atoms in total. The molecule has 200 valence electrons. The second-order valence-corrected chi connectivity index (χ2v) is 10.6. The van der Waals surface area contributed by atoms with Gasteiger partial charge in [-0.1, -0.05) is 12.1 Å². The number of anilines is 1. The van der Waals surface area contributed by atoms with Crippen molar-refractivity contribution in [2.24, 2.45) is 5.92 Å². The molecule has 0 radical (unpaired) electrons. The number of nitrogens with zero attached hydrogens (tertiary/aromatic N) is 2. The summed E-state index contributed by atoms with van der Waals surface area (Å²) in [6, 6.07) is 10.2. The third-order valence-electron chi connectivity index (χ3n) is 6.68. The van der Waals surface area contributed by atoms with E-state index < -0.39 is 23.6 Å². The van der Waals surface area contributed by atoms with Crippen molar-refractivity contribution >= 4 is 17.7 Å². The Kier molecular flexibility index (Phi) is 7.92. The molecule has 1 fully saturated rings. The maximum absolute atomic E-state index is 15.0. The summed E-state index contributed by atoms with van der Waals surface area (Å²) in [6.07, 6.45) is -0.0444. The molecule has 4 rings (SSSR count). The number of amides is 2. The van der Waals surface area contributed by atoms with Crippen molar-refractivity contribution in [1.82, 2.24) is 4.90 Å². The standard InChI is InChI=1S/C28H35FN2O6/c1-28(2,3)37-27(34)30-14-13-19(23(32)16-30)17-36-24-11-10-22(29)26-21(24)9-12-25(33)31(26)15-18-5-7-20(35-4)8-6-18/h5-8,10-11,19,23,32H,9,12-17H2,1-4H3/t19-,23+/m1/s1. The number of aliphatic hydroxyl groups is 1. The maximum Gasteiger partial charge on any atom is 0.410 e. The number of carbonyl (C=O) groups excluding carboxylic acids is 2. The van der Waals surface area contributed by atoms with Crippen molar-refractivity contribution in [3.8, 4) is 11.5 Å². The van der Waals surface area contributed by atoms with Crippen LogP contribution < -0.4 is 14.4 Å².